The number of ether oxygens (including phenoxy) is 1. The molecule has 0 unspecified atom stereocenters. The van der Waals surface area contributed by atoms with Gasteiger partial charge in [-0.3, -0.25) is 4.79 Å². The number of hydrogen-bond acceptors (Lipinski definition) is 7. The Kier molecular flexibility index (Phi) is 5.78. The molecule has 1 N–H and O–H groups in total. The molecule has 0 spiro atoms. The number of rotatable bonds is 6. The predicted molar refractivity (Wildman–Crippen MR) is 90.1 cm³/mol. The van der Waals surface area contributed by atoms with Gasteiger partial charge in [0, 0.05) is 13.0 Å². The van der Waals surface area contributed by atoms with E-state index in [2.05, 4.69) is 20.3 Å². The maximum absolute atomic E-state index is 12.1. The van der Waals surface area contributed by atoms with E-state index in [9.17, 15) is 9.59 Å². The molecule has 0 atom stereocenters. The van der Waals surface area contributed by atoms with E-state index in [1.807, 2.05) is 25.5 Å². The summed E-state index contributed by atoms with van der Waals surface area (Å²) < 4.78 is 6.56. The summed E-state index contributed by atoms with van der Waals surface area (Å²) in [5.74, 6) is 0.645. The topological polar surface area (TPSA) is 86.1 Å². The number of anilines is 1. The van der Waals surface area contributed by atoms with Crippen molar-refractivity contribution in [2.24, 2.45) is 7.05 Å². The van der Waals surface area contributed by atoms with Crippen molar-refractivity contribution >= 4 is 40.0 Å². The van der Waals surface area contributed by atoms with Crippen LogP contribution in [0.4, 0.5) is 5.00 Å². The molecule has 2 aromatic rings. The van der Waals surface area contributed by atoms with Gasteiger partial charge in [-0.1, -0.05) is 25.6 Å². The standard InChI is InChI=1S/C14H18N4O3S2/c1-8(2)11-16-17-14(18(11)3)23-7-10(19)15-12-9(5-6-22-12)13(20)21-4/h5-6,8H,7H2,1-4H3,(H,15,19). The number of methoxy groups -OCH3 is 1. The molecule has 0 saturated heterocycles. The van der Waals surface area contributed by atoms with Crippen LogP contribution in [0.15, 0.2) is 16.6 Å². The first-order valence-electron chi connectivity index (χ1n) is 6.91. The van der Waals surface area contributed by atoms with Crippen LogP contribution >= 0.6 is 23.1 Å². The molecule has 0 saturated carbocycles. The minimum Gasteiger partial charge on any atom is -0.465 e. The van der Waals surface area contributed by atoms with E-state index in [0.717, 1.165) is 5.82 Å². The summed E-state index contributed by atoms with van der Waals surface area (Å²) in [7, 11) is 3.19. The number of hydrogen-bond donors (Lipinski definition) is 1. The first kappa shape index (κ1) is 17.5. The fourth-order valence-electron chi connectivity index (χ4n) is 1.92. The lowest BCUT2D eigenvalue weighted by Crippen LogP contribution is -2.16. The third-order valence-electron chi connectivity index (χ3n) is 3.04. The number of thiophene rings is 1. The SMILES string of the molecule is COC(=O)c1ccsc1NC(=O)CSc1nnc(C(C)C)n1C. The van der Waals surface area contributed by atoms with Gasteiger partial charge in [0.15, 0.2) is 5.16 Å². The zero-order chi connectivity index (χ0) is 17.0. The highest BCUT2D eigenvalue weighted by atomic mass is 32.2. The average molecular weight is 354 g/mol. The van der Waals surface area contributed by atoms with Crippen molar-refractivity contribution in [2.45, 2.75) is 24.9 Å². The minimum atomic E-state index is -0.468. The Balaban J connectivity index is 1.96. The Morgan fingerprint density at radius 1 is 1.43 bits per heavy atom. The number of carbonyl (C=O) groups excluding carboxylic acids is 2. The highest BCUT2D eigenvalue weighted by molar-refractivity contribution is 7.99. The summed E-state index contributed by atoms with van der Waals surface area (Å²) in [5.41, 5.74) is 0.358. The van der Waals surface area contributed by atoms with Gasteiger partial charge in [0.2, 0.25) is 5.91 Å². The molecular weight excluding hydrogens is 336 g/mol. The molecule has 7 nitrogen and oxygen atoms in total. The molecule has 124 valence electrons. The van der Waals surface area contributed by atoms with Crippen LogP contribution < -0.4 is 5.32 Å². The van der Waals surface area contributed by atoms with Crippen molar-refractivity contribution < 1.29 is 14.3 Å². The van der Waals surface area contributed by atoms with E-state index in [4.69, 9.17) is 0 Å². The first-order valence-corrected chi connectivity index (χ1v) is 8.78. The monoisotopic (exact) mass is 354 g/mol. The van der Waals surface area contributed by atoms with Crippen LogP contribution in [0.25, 0.3) is 0 Å². The van der Waals surface area contributed by atoms with E-state index < -0.39 is 5.97 Å². The summed E-state index contributed by atoms with van der Waals surface area (Å²) in [5, 5.41) is 13.8. The normalized spacial score (nSPS) is 10.8. The molecule has 2 rings (SSSR count). The molecule has 1 amide bonds. The zero-order valence-electron chi connectivity index (χ0n) is 13.3. The molecule has 0 fully saturated rings. The summed E-state index contributed by atoms with van der Waals surface area (Å²) in [4.78, 5) is 23.6. The highest BCUT2D eigenvalue weighted by Crippen LogP contribution is 2.25. The van der Waals surface area contributed by atoms with Crippen LogP contribution in [-0.4, -0.2) is 39.5 Å². The summed E-state index contributed by atoms with van der Waals surface area (Å²) in [6.45, 7) is 4.08. The second-order valence-electron chi connectivity index (χ2n) is 5.05. The molecule has 2 aromatic heterocycles. The van der Waals surface area contributed by atoms with Gasteiger partial charge in [-0.25, -0.2) is 4.79 Å². The number of amides is 1. The molecule has 0 aromatic carbocycles. The number of thioether (sulfide) groups is 1. The van der Waals surface area contributed by atoms with Crippen LogP contribution in [-0.2, 0) is 16.6 Å². The first-order chi connectivity index (χ1) is 10.9. The van der Waals surface area contributed by atoms with Crippen molar-refractivity contribution in [2.75, 3.05) is 18.2 Å². The van der Waals surface area contributed by atoms with Gasteiger partial charge in [-0.05, 0) is 11.4 Å². The predicted octanol–water partition coefficient (Wildman–Crippen LogP) is 2.52. The fourth-order valence-corrected chi connectivity index (χ4v) is 3.43. The van der Waals surface area contributed by atoms with Crippen LogP contribution in [0, 0.1) is 0 Å². The van der Waals surface area contributed by atoms with E-state index in [0.29, 0.717) is 15.7 Å². The second kappa shape index (κ2) is 7.60. The third kappa shape index (κ3) is 4.11. The molecule has 9 heteroatoms. The lowest BCUT2D eigenvalue weighted by atomic mass is 10.2. The van der Waals surface area contributed by atoms with Crippen molar-refractivity contribution in [3.05, 3.63) is 22.8 Å². The Labute approximate surface area is 142 Å². The quantitative estimate of drug-likeness (QED) is 0.634. The van der Waals surface area contributed by atoms with Crippen molar-refractivity contribution in [3.8, 4) is 0 Å². The van der Waals surface area contributed by atoms with Gasteiger partial charge < -0.3 is 14.6 Å². The fraction of sp³-hybridized carbons (Fsp3) is 0.429. The molecule has 0 aliphatic heterocycles. The number of esters is 1. The maximum atomic E-state index is 12.1. The van der Waals surface area contributed by atoms with E-state index in [1.54, 1.807) is 11.4 Å². The van der Waals surface area contributed by atoms with Gasteiger partial charge in [-0.15, -0.1) is 21.5 Å². The molecular formula is C14H18N4O3S2. The van der Waals surface area contributed by atoms with Gasteiger partial charge in [-0.2, -0.15) is 0 Å². The molecule has 0 bridgehead atoms. The highest BCUT2D eigenvalue weighted by Gasteiger charge is 2.17. The Morgan fingerprint density at radius 2 is 2.17 bits per heavy atom. The van der Waals surface area contributed by atoms with Crippen LogP contribution in [0.2, 0.25) is 0 Å². The van der Waals surface area contributed by atoms with Gasteiger partial charge >= 0.3 is 5.97 Å². The minimum absolute atomic E-state index is 0.183. The van der Waals surface area contributed by atoms with Gasteiger partial charge in [0.05, 0.1) is 18.4 Å². The van der Waals surface area contributed by atoms with Gasteiger partial charge in [0.25, 0.3) is 0 Å². The molecule has 0 aliphatic rings. The Morgan fingerprint density at radius 3 is 2.78 bits per heavy atom. The Bertz CT molecular complexity index is 709. The maximum Gasteiger partial charge on any atom is 0.340 e. The summed E-state index contributed by atoms with van der Waals surface area (Å²) >= 11 is 2.58. The largest absolute Gasteiger partial charge is 0.465 e. The average Bonchev–Trinajstić information content (AvgIpc) is 3.11. The molecule has 0 radical (unpaired) electrons. The van der Waals surface area contributed by atoms with Crippen molar-refractivity contribution in [1.82, 2.24) is 14.8 Å². The van der Waals surface area contributed by atoms with Crippen molar-refractivity contribution in [1.29, 1.82) is 0 Å². The van der Waals surface area contributed by atoms with Crippen molar-refractivity contribution in [3.63, 3.8) is 0 Å². The number of carbonyl (C=O) groups is 2. The number of nitrogens with one attached hydrogen (secondary N) is 1. The number of aromatic nitrogens is 3. The van der Waals surface area contributed by atoms with Crippen LogP contribution in [0.5, 0.6) is 0 Å². The van der Waals surface area contributed by atoms with E-state index in [1.165, 1.54) is 30.2 Å². The van der Waals surface area contributed by atoms with E-state index >= 15 is 0 Å². The van der Waals surface area contributed by atoms with E-state index in [-0.39, 0.29) is 17.6 Å². The third-order valence-corrected chi connectivity index (χ3v) is 4.89. The smallest absolute Gasteiger partial charge is 0.340 e. The molecule has 2 heterocycles. The summed E-state index contributed by atoms with van der Waals surface area (Å²) in [6, 6.07) is 1.62. The van der Waals surface area contributed by atoms with Crippen LogP contribution in [0.3, 0.4) is 0 Å². The second-order valence-corrected chi connectivity index (χ2v) is 6.90. The zero-order valence-corrected chi connectivity index (χ0v) is 15.0. The molecule has 23 heavy (non-hydrogen) atoms. The lowest BCUT2D eigenvalue weighted by molar-refractivity contribution is -0.113. The lowest BCUT2D eigenvalue weighted by Gasteiger charge is -2.06. The Hall–Kier alpha value is -1.87. The van der Waals surface area contributed by atoms with Gasteiger partial charge in [0.1, 0.15) is 10.8 Å². The number of nitrogens with zero attached hydrogens (tertiary/aromatic N) is 3. The molecule has 0 aliphatic carbocycles. The van der Waals surface area contributed by atoms with Crippen LogP contribution in [0.1, 0.15) is 35.9 Å². The summed E-state index contributed by atoms with van der Waals surface area (Å²) in [6.07, 6.45) is 0.